The summed E-state index contributed by atoms with van der Waals surface area (Å²) in [5, 5.41) is 7.39. The molecule has 0 bridgehead atoms. The molecule has 7 nitrogen and oxygen atoms in total. The Morgan fingerprint density at radius 1 is 1.13 bits per heavy atom. The molecule has 0 spiro atoms. The largest absolute Gasteiger partial charge is 0.436 e. The average Bonchev–Trinajstić information content (AvgIpc) is 3.50. The van der Waals surface area contributed by atoms with Gasteiger partial charge >= 0.3 is 0 Å². The van der Waals surface area contributed by atoms with Crippen molar-refractivity contribution in [2.45, 2.75) is 6.04 Å². The lowest BCUT2D eigenvalue weighted by Crippen LogP contribution is -2.33. The average molecular weight is 452 g/mol. The third-order valence-corrected chi connectivity index (χ3v) is 7.33. The zero-order chi connectivity index (χ0) is 20.9. The van der Waals surface area contributed by atoms with E-state index in [2.05, 4.69) is 14.3 Å². The van der Waals surface area contributed by atoms with Gasteiger partial charge in [0.25, 0.3) is 0 Å². The number of hydrogen-bond acceptors (Lipinski definition) is 7. The lowest BCUT2D eigenvalue weighted by molar-refractivity contribution is 0.507. The predicted molar refractivity (Wildman–Crippen MR) is 116 cm³/mol. The third kappa shape index (κ3) is 3.19. The van der Waals surface area contributed by atoms with Crippen LogP contribution in [0.25, 0.3) is 45.1 Å². The van der Waals surface area contributed by atoms with Gasteiger partial charge in [-0.25, -0.2) is 14.4 Å². The summed E-state index contributed by atoms with van der Waals surface area (Å²) in [6, 6.07) is 10.0. The second kappa shape index (κ2) is 7.17. The molecule has 0 aliphatic carbocycles. The van der Waals surface area contributed by atoms with Crippen molar-refractivity contribution in [2.24, 2.45) is 0 Å². The van der Waals surface area contributed by atoms with Crippen LogP contribution in [0.5, 0.6) is 0 Å². The van der Waals surface area contributed by atoms with E-state index in [1.165, 1.54) is 30.0 Å². The van der Waals surface area contributed by atoms with E-state index in [1.54, 1.807) is 12.1 Å². The zero-order valence-electron chi connectivity index (χ0n) is 15.9. The second-order valence-electron chi connectivity index (χ2n) is 7.24. The van der Waals surface area contributed by atoms with Crippen molar-refractivity contribution in [3.05, 3.63) is 60.1 Å². The van der Waals surface area contributed by atoms with E-state index in [1.807, 2.05) is 28.4 Å². The molecular weight excluding hydrogens is 437 g/mol. The Morgan fingerprint density at radius 3 is 2.71 bits per heavy atom. The van der Waals surface area contributed by atoms with Crippen LogP contribution >= 0.6 is 11.5 Å². The quantitative estimate of drug-likeness (QED) is 0.405. The molecule has 154 valence electrons. The molecule has 1 aliphatic heterocycles. The highest BCUT2D eigenvalue weighted by molar-refractivity contribution is 7.86. The van der Waals surface area contributed by atoms with E-state index >= 15 is 0 Å². The summed E-state index contributed by atoms with van der Waals surface area (Å²) >= 11 is 1.35. The van der Waals surface area contributed by atoms with Gasteiger partial charge in [-0.15, -0.1) is 0 Å². The van der Waals surface area contributed by atoms with Gasteiger partial charge in [-0.1, -0.05) is 0 Å². The topological polar surface area (TPSA) is 86.7 Å². The summed E-state index contributed by atoms with van der Waals surface area (Å²) in [5.74, 6) is 1.44. The normalized spacial score (nSPS) is 18.4. The highest BCUT2D eigenvalue weighted by atomic mass is 32.2. The summed E-state index contributed by atoms with van der Waals surface area (Å²) in [6.07, 6.45) is 3.37. The first-order valence-corrected chi connectivity index (χ1v) is 11.8. The molecule has 5 heterocycles. The van der Waals surface area contributed by atoms with Crippen LogP contribution in [0.3, 0.4) is 0 Å². The molecule has 0 radical (unpaired) electrons. The number of nitrogens with zero attached hydrogens (tertiary/aromatic N) is 5. The maximum absolute atomic E-state index is 13.5. The molecule has 0 atom stereocenters. The number of fused-ring (bicyclic) bond motifs is 1. The fraction of sp³-hybridized carbons (Fsp3) is 0.143. The van der Waals surface area contributed by atoms with Gasteiger partial charge in [0.1, 0.15) is 23.5 Å². The van der Waals surface area contributed by atoms with Crippen molar-refractivity contribution in [2.75, 3.05) is 11.5 Å². The Hall–Kier alpha value is -3.24. The number of benzene rings is 1. The number of furan rings is 1. The monoisotopic (exact) mass is 451 g/mol. The van der Waals surface area contributed by atoms with Crippen molar-refractivity contribution >= 4 is 33.4 Å². The van der Waals surface area contributed by atoms with Crippen LogP contribution in [0, 0.1) is 5.82 Å². The highest BCUT2D eigenvalue weighted by Gasteiger charge is 2.30. The van der Waals surface area contributed by atoms with Crippen LogP contribution in [0.1, 0.15) is 6.04 Å². The van der Waals surface area contributed by atoms with E-state index in [9.17, 15) is 8.60 Å². The number of aromatic nitrogens is 5. The molecule has 1 fully saturated rings. The molecule has 1 saturated heterocycles. The van der Waals surface area contributed by atoms with Crippen molar-refractivity contribution in [3.8, 4) is 34.0 Å². The van der Waals surface area contributed by atoms with Gasteiger partial charge in [0.05, 0.1) is 17.1 Å². The van der Waals surface area contributed by atoms with Gasteiger partial charge in [-0.05, 0) is 47.9 Å². The molecule has 6 rings (SSSR count). The Morgan fingerprint density at radius 2 is 1.97 bits per heavy atom. The van der Waals surface area contributed by atoms with Crippen LogP contribution in [0.15, 0.2) is 58.7 Å². The standard InChI is InChI=1S/C21H14FN5O2S2/c22-13-3-1-12(2-4-13)19-16(8-27(25-19)14-9-31(28)10-14)20-15-7-18(17-5-6-30-26-17)29-21(15)24-11-23-20/h1-8,11,14H,9-10H2. The molecule has 31 heavy (non-hydrogen) atoms. The Kier molecular flexibility index (Phi) is 4.29. The van der Waals surface area contributed by atoms with Gasteiger partial charge < -0.3 is 4.42 Å². The maximum atomic E-state index is 13.5. The van der Waals surface area contributed by atoms with Crippen molar-refractivity contribution in [1.82, 2.24) is 24.1 Å². The van der Waals surface area contributed by atoms with Crippen LogP contribution in [0.4, 0.5) is 4.39 Å². The first-order chi connectivity index (χ1) is 15.2. The Bertz CT molecular complexity index is 1420. The third-order valence-electron chi connectivity index (χ3n) is 5.26. The van der Waals surface area contributed by atoms with Gasteiger partial charge in [0, 0.05) is 45.0 Å². The molecule has 4 aromatic heterocycles. The first kappa shape index (κ1) is 18.5. The summed E-state index contributed by atoms with van der Waals surface area (Å²) in [4.78, 5) is 8.80. The summed E-state index contributed by atoms with van der Waals surface area (Å²) in [5.41, 5.74) is 4.08. The van der Waals surface area contributed by atoms with E-state index in [-0.39, 0.29) is 11.9 Å². The molecule has 5 aromatic rings. The van der Waals surface area contributed by atoms with Crippen LogP contribution in [-0.2, 0) is 10.8 Å². The number of hydrogen-bond donors (Lipinski definition) is 0. The van der Waals surface area contributed by atoms with E-state index < -0.39 is 10.8 Å². The summed E-state index contributed by atoms with van der Waals surface area (Å²) < 4.78 is 37.2. The highest BCUT2D eigenvalue weighted by Crippen LogP contribution is 2.37. The van der Waals surface area contributed by atoms with Crippen LogP contribution in [-0.4, -0.2) is 39.8 Å². The van der Waals surface area contributed by atoms with E-state index in [0.29, 0.717) is 34.4 Å². The smallest absolute Gasteiger partial charge is 0.230 e. The molecule has 0 N–H and O–H groups in total. The molecule has 10 heteroatoms. The number of halogens is 1. The first-order valence-electron chi connectivity index (χ1n) is 9.51. The molecule has 0 unspecified atom stereocenters. The fourth-order valence-electron chi connectivity index (χ4n) is 3.64. The molecule has 1 aliphatic rings. The molecule has 0 saturated carbocycles. The minimum Gasteiger partial charge on any atom is -0.436 e. The summed E-state index contributed by atoms with van der Waals surface area (Å²) in [6.45, 7) is 0. The Balaban J connectivity index is 1.54. The summed E-state index contributed by atoms with van der Waals surface area (Å²) in [7, 11) is -0.805. The van der Waals surface area contributed by atoms with Gasteiger partial charge in [-0.3, -0.25) is 8.89 Å². The zero-order valence-corrected chi connectivity index (χ0v) is 17.6. The van der Waals surface area contributed by atoms with Gasteiger partial charge in [0.15, 0.2) is 5.76 Å². The predicted octanol–water partition coefficient (Wildman–Crippen LogP) is 4.32. The lowest BCUT2D eigenvalue weighted by Gasteiger charge is -2.24. The van der Waals surface area contributed by atoms with Crippen LogP contribution in [0.2, 0.25) is 0 Å². The minimum absolute atomic E-state index is 0.0704. The van der Waals surface area contributed by atoms with Crippen LogP contribution < -0.4 is 0 Å². The molecule has 0 amide bonds. The maximum Gasteiger partial charge on any atom is 0.230 e. The van der Waals surface area contributed by atoms with E-state index in [4.69, 9.17) is 9.52 Å². The molecular formula is C21H14FN5O2S2. The SMILES string of the molecule is O=S1CC(n2cc(-c3ncnc4oc(-c5ccsn5)cc34)c(-c3ccc(F)cc3)n2)C1. The van der Waals surface area contributed by atoms with Gasteiger partial charge in [-0.2, -0.15) is 9.47 Å². The lowest BCUT2D eigenvalue weighted by atomic mass is 10.0. The number of rotatable bonds is 4. The Labute approximate surface area is 182 Å². The second-order valence-corrected chi connectivity index (χ2v) is 9.45. The fourth-order valence-corrected chi connectivity index (χ4v) is 5.22. The van der Waals surface area contributed by atoms with Crippen molar-refractivity contribution in [1.29, 1.82) is 0 Å². The van der Waals surface area contributed by atoms with Crippen molar-refractivity contribution < 1.29 is 13.0 Å². The van der Waals surface area contributed by atoms with Crippen molar-refractivity contribution in [3.63, 3.8) is 0 Å². The van der Waals surface area contributed by atoms with E-state index in [0.717, 1.165) is 22.2 Å². The minimum atomic E-state index is -0.805. The molecule has 1 aromatic carbocycles. The van der Waals surface area contributed by atoms with Gasteiger partial charge in [0.2, 0.25) is 5.71 Å².